The van der Waals surface area contributed by atoms with Gasteiger partial charge in [0.25, 0.3) is 0 Å². The Morgan fingerprint density at radius 2 is 1.66 bits per heavy atom. The molecule has 0 radical (unpaired) electrons. The summed E-state index contributed by atoms with van der Waals surface area (Å²) in [5.74, 6) is 0.00183. The predicted molar refractivity (Wildman–Crippen MR) is 119 cm³/mol. The van der Waals surface area contributed by atoms with Crippen LogP contribution in [0.5, 0.6) is 0 Å². The molecule has 6 heteroatoms. The molecule has 0 bridgehead atoms. The summed E-state index contributed by atoms with van der Waals surface area (Å²) in [6.07, 6.45) is 0. The second-order valence-electron chi connectivity index (χ2n) is 7.72. The van der Waals surface area contributed by atoms with Gasteiger partial charge in [0, 0.05) is 45.0 Å². The van der Waals surface area contributed by atoms with E-state index in [1.807, 2.05) is 93.2 Å². The Hall–Kier alpha value is -3.02. The summed E-state index contributed by atoms with van der Waals surface area (Å²) >= 11 is 0. The molecule has 0 aliphatic rings. The number of carbonyl (C=O) groups is 2. The number of rotatable bonds is 7. The summed E-state index contributed by atoms with van der Waals surface area (Å²) in [5.41, 5.74) is 3.75. The van der Waals surface area contributed by atoms with E-state index in [-0.39, 0.29) is 24.0 Å². The van der Waals surface area contributed by atoms with E-state index in [2.05, 4.69) is 10.6 Å². The highest BCUT2D eigenvalue weighted by Crippen LogP contribution is 2.28. The predicted octanol–water partition coefficient (Wildman–Crippen LogP) is 4.39. The first-order chi connectivity index (χ1) is 13.7. The third kappa shape index (κ3) is 6.24. The van der Waals surface area contributed by atoms with Crippen LogP contribution in [-0.2, 0) is 11.3 Å². The number of nitrogens with zero attached hydrogens (tertiary/aromatic N) is 2. The third-order valence-electron chi connectivity index (χ3n) is 4.73. The summed E-state index contributed by atoms with van der Waals surface area (Å²) in [7, 11) is 3.94. The van der Waals surface area contributed by atoms with Crippen molar-refractivity contribution in [1.29, 1.82) is 0 Å². The van der Waals surface area contributed by atoms with Crippen molar-refractivity contribution in [3.05, 3.63) is 59.7 Å². The fraction of sp³-hybridized carbons (Fsp3) is 0.391. The number of nitrogens with one attached hydrogen (secondary N) is 2. The molecule has 1 atom stereocenters. The van der Waals surface area contributed by atoms with Gasteiger partial charge in [-0.25, -0.2) is 4.79 Å². The van der Waals surface area contributed by atoms with Crippen molar-refractivity contribution in [2.75, 3.05) is 24.3 Å². The van der Waals surface area contributed by atoms with Gasteiger partial charge in [0.15, 0.2) is 0 Å². The van der Waals surface area contributed by atoms with Gasteiger partial charge in [0.2, 0.25) is 5.91 Å². The Bertz CT molecular complexity index is 834. The smallest absolute Gasteiger partial charge is 0.319 e. The van der Waals surface area contributed by atoms with Crippen LogP contribution in [0.2, 0.25) is 0 Å². The van der Waals surface area contributed by atoms with Gasteiger partial charge in [-0.1, -0.05) is 30.3 Å². The number of urea groups is 1. The lowest BCUT2D eigenvalue weighted by atomic mass is 10.0. The Morgan fingerprint density at radius 1 is 1.00 bits per heavy atom. The Balaban J connectivity index is 2.32. The zero-order valence-corrected chi connectivity index (χ0v) is 18.2. The van der Waals surface area contributed by atoms with Gasteiger partial charge < -0.3 is 20.4 Å². The average molecular weight is 397 g/mol. The molecule has 0 fully saturated rings. The first-order valence-electron chi connectivity index (χ1n) is 9.89. The number of benzene rings is 2. The minimum absolute atomic E-state index is 0.00183. The van der Waals surface area contributed by atoms with Crippen molar-refractivity contribution < 1.29 is 9.59 Å². The average Bonchev–Trinajstić information content (AvgIpc) is 2.65. The summed E-state index contributed by atoms with van der Waals surface area (Å²) < 4.78 is 0. The molecule has 0 saturated heterocycles. The fourth-order valence-corrected chi connectivity index (χ4v) is 3.27. The lowest BCUT2D eigenvalue weighted by molar-refractivity contribution is -0.131. The second-order valence-corrected chi connectivity index (χ2v) is 7.72. The molecule has 0 unspecified atom stereocenters. The Morgan fingerprint density at radius 3 is 2.21 bits per heavy atom. The van der Waals surface area contributed by atoms with Crippen molar-refractivity contribution >= 4 is 23.3 Å². The Labute approximate surface area is 173 Å². The lowest BCUT2D eigenvalue weighted by Crippen LogP contribution is -2.34. The molecule has 156 valence electrons. The van der Waals surface area contributed by atoms with Crippen LogP contribution < -0.4 is 15.5 Å². The molecule has 2 N–H and O–H groups in total. The van der Waals surface area contributed by atoms with Crippen molar-refractivity contribution in [1.82, 2.24) is 10.2 Å². The topological polar surface area (TPSA) is 64.7 Å². The number of hydrogen-bond donors (Lipinski definition) is 2. The van der Waals surface area contributed by atoms with Gasteiger partial charge in [-0.05, 0) is 50.1 Å². The second kappa shape index (κ2) is 9.96. The first-order valence-corrected chi connectivity index (χ1v) is 9.89. The van der Waals surface area contributed by atoms with Gasteiger partial charge in [-0.2, -0.15) is 0 Å². The van der Waals surface area contributed by atoms with Gasteiger partial charge in [0.1, 0.15) is 0 Å². The molecule has 0 saturated carbocycles. The molecule has 2 aromatic carbocycles. The number of carbonyl (C=O) groups excluding carboxylic acids is 2. The van der Waals surface area contributed by atoms with E-state index < -0.39 is 0 Å². The highest BCUT2D eigenvalue weighted by Gasteiger charge is 2.21. The van der Waals surface area contributed by atoms with Crippen LogP contribution >= 0.6 is 0 Å². The summed E-state index contributed by atoms with van der Waals surface area (Å²) in [6, 6.07) is 15.5. The third-order valence-corrected chi connectivity index (χ3v) is 4.73. The largest absolute Gasteiger partial charge is 0.377 e. The molecule has 3 amide bonds. The van der Waals surface area contributed by atoms with Gasteiger partial charge in [-0.3, -0.25) is 4.79 Å². The molecule has 0 aliphatic heterocycles. The monoisotopic (exact) mass is 396 g/mol. The zero-order chi connectivity index (χ0) is 21.6. The molecular weight excluding hydrogens is 364 g/mol. The molecule has 0 aliphatic carbocycles. The lowest BCUT2D eigenvalue weighted by Gasteiger charge is -2.30. The molecule has 6 nitrogen and oxygen atoms in total. The maximum Gasteiger partial charge on any atom is 0.319 e. The maximum absolute atomic E-state index is 12.5. The normalized spacial score (nSPS) is 11.7. The van der Waals surface area contributed by atoms with Gasteiger partial charge in [0.05, 0.1) is 6.04 Å². The van der Waals surface area contributed by atoms with Crippen molar-refractivity contribution in [2.24, 2.45) is 0 Å². The maximum atomic E-state index is 12.5. The van der Waals surface area contributed by atoms with E-state index in [9.17, 15) is 9.59 Å². The molecule has 0 spiro atoms. The summed E-state index contributed by atoms with van der Waals surface area (Å²) in [5, 5.41) is 5.69. The molecule has 2 rings (SSSR count). The highest BCUT2D eigenvalue weighted by molar-refractivity contribution is 5.90. The Kier molecular flexibility index (Phi) is 7.65. The molecule has 29 heavy (non-hydrogen) atoms. The summed E-state index contributed by atoms with van der Waals surface area (Å²) in [6.45, 7) is 7.89. The number of amides is 3. The van der Waals surface area contributed by atoms with Crippen LogP contribution in [0.3, 0.4) is 0 Å². The zero-order valence-electron chi connectivity index (χ0n) is 18.2. The van der Waals surface area contributed by atoms with E-state index in [0.717, 1.165) is 16.8 Å². The SMILES string of the molecule is CC(=O)N(Cc1cc(NC(=O)NC(C)C)ccc1N(C)C)[C@H](C)c1ccccc1. The molecule has 2 aromatic rings. The van der Waals surface area contributed by atoms with Crippen LogP contribution in [0.1, 0.15) is 44.9 Å². The van der Waals surface area contributed by atoms with Gasteiger partial charge >= 0.3 is 6.03 Å². The standard InChI is InChI=1S/C23H32N4O2/c1-16(2)24-23(29)25-21-12-13-22(26(5)6)20(14-21)15-27(18(4)28)17(3)19-10-8-7-9-11-19/h7-14,16-17H,15H2,1-6H3,(H2,24,25,29)/t17-/m1/s1. The van der Waals surface area contributed by atoms with Crippen LogP contribution in [-0.4, -0.2) is 37.0 Å². The minimum Gasteiger partial charge on any atom is -0.377 e. The van der Waals surface area contributed by atoms with E-state index in [1.165, 1.54) is 0 Å². The first kappa shape index (κ1) is 22.3. The number of anilines is 2. The van der Waals surface area contributed by atoms with Crippen molar-refractivity contribution in [2.45, 2.75) is 46.3 Å². The highest BCUT2D eigenvalue weighted by atomic mass is 16.2. The quantitative estimate of drug-likeness (QED) is 0.729. The van der Waals surface area contributed by atoms with E-state index >= 15 is 0 Å². The summed E-state index contributed by atoms with van der Waals surface area (Å²) in [4.78, 5) is 28.4. The van der Waals surface area contributed by atoms with Crippen LogP contribution in [0.15, 0.2) is 48.5 Å². The number of hydrogen-bond acceptors (Lipinski definition) is 3. The molecule has 0 aromatic heterocycles. The van der Waals surface area contributed by atoms with Crippen molar-refractivity contribution in [3.63, 3.8) is 0 Å². The van der Waals surface area contributed by atoms with E-state index in [0.29, 0.717) is 12.2 Å². The molecule has 0 heterocycles. The van der Waals surface area contributed by atoms with Gasteiger partial charge in [-0.15, -0.1) is 0 Å². The minimum atomic E-state index is -0.246. The van der Waals surface area contributed by atoms with Crippen LogP contribution in [0, 0.1) is 0 Å². The van der Waals surface area contributed by atoms with E-state index in [4.69, 9.17) is 0 Å². The fourth-order valence-electron chi connectivity index (χ4n) is 3.27. The van der Waals surface area contributed by atoms with Crippen molar-refractivity contribution in [3.8, 4) is 0 Å². The van der Waals surface area contributed by atoms with Crippen LogP contribution in [0.25, 0.3) is 0 Å². The molecular formula is C23H32N4O2. The van der Waals surface area contributed by atoms with Crippen LogP contribution in [0.4, 0.5) is 16.2 Å². The van der Waals surface area contributed by atoms with E-state index in [1.54, 1.807) is 6.92 Å².